The number of methoxy groups -OCH3 is 1. The predicted molar refractivity (Wildman–Crippen MR) is 101 cm³/mol. The highest BCUT2D eigenvalue weighted by Gasteiger charge is 2.24. The van der Waals surface area contributed by atoms with Crippen LogP contribution in [0.5, 0.6) is 0 Å². The van der Waals surface area contributed by atoms with Crippen LogP contribution in [0.3, 0.4) is 0 Å². The molecule has 2 aromatic heterocycles. The van der Waals surface area contributed by atoms with Gasteiger partial charge in [0, 0.05) is 20.1 Å². The highest BCUT2D eigenvalue weighted by atomic mass is 16.5. The van der Waals surface area contributed by atoms with Crippen molar-refractivity contribution in [1.82, 2.24) is 19.7 Å². The third kappa shape index (κ3) is 3.90. The van der Waals surface area contributed by atoms with Crippen LogP contribution in [-0.4, -0.2) is 39.2 Å². The van der Waals surface area contributed by atoms with Crippen LogP contribution in [-0.2, 0) is 30.9 Å². The van der Waals surface area contributed by atoms with Crippen molar-refractivity contribution in [3.05, 3.63) is 82.9 Å². The lowest BCUT2D eigenvalue weighted by Crippen LogP contribution is -2.38. The molecule has 1 aliphatic heterocycles. The van der Waals surface area contributed by atoms with Crippen molar-refractivity contribution < 1.29 is 9.53 Å². The summed E-state index contributed by atoms with van der Waals surface area (Å²) < 4.78 is 7.12. The van der Waals surface area contributed by atoms with Gasteiger partial charge in [0.25, 0.3) is 5.91 Å². The molecule has 0 atom stereocenters. The van der Waals surface area contributed by atoms with Crippen molar-refractivity contribution in [2.24, 2.45) is 0 Å². The standard InChI is InChI=1S/C21H22N4O2/c1-27-15-17-8-5-9-20(22-17)21(26)24-10-11-25-19(14-24)13-18(23-25)12-16-6-3-2-4-7-16/h2-9,13H,10-12,14-15H2,1H3. The molecule has 6 heteroatoms. The second kappa shape index (κ2) is 7.72. The molecule has 0 fully saturated rings. The summed E-state index contributed by atoms with van der Waals surface area (Å²) in [5.41, 5.74) is 4.55. The van der Waals surface area contributed by atoms with Crippen LogP contribution in [0.4, 0.5) is 0 Å². The first kappa shape index (κ1) is 17.4. The number of rotatable bonds is 5. The fourth-order valence-corrected chi connectivity index (χ4v) is 3.38. The number of pyridine rings is 1. The Morgan fingerprint density at radius 3 is 2.74 bits per heavy atom. The van der Waals surface area contributed by atoms with Gasteiger partial charge in [-0.25, -0.2) is 4.98 Å². The van der Waals surface area contributed by atoms with Gasteiger partial charge in [0.2, 0.25) is 0 Å². The Morgan fingerprint density at radius 2 is 1.93 bits per heavy atom. The van der Waals surface area contributed by atoms with E-state index in [9.17, 15) is 4.79 Å². The molecule has 0 aliphatic carbocycles. The summed E-state index contributed by atoms with van der Waals surface area (Å²) in [6, 6.07) is 17.9. The Hall–Kier alpha value is -2.99. The molecule has 138 valence electrons. The lowest BCUT2D eigenvalue weighted by Gasteiger charge is -2.27. The Bertz CT molecular complexity index is 936. The predicted octanol–water partition coefficient (Wildman–Crippen LogP) is 2.67. The number of aromatic nitrogens is 3. The molecule has 0 bridgehead atoms. The van der Waals surface area contributed by atoms with Crippen LogP contribution >= 0.6 is 0 Å². The molecular weight excluding hydrogens is 340 g/mol. The zero-order valence-electron chi connectivity index (χ0n) is 15.3. The minimum atomic E-state index is -0.0509. The molecule has 3 aromatic rings. The van der Waals surface area contributed by atoms with E-state index < -0.39 is 0 Å². The zero-order chi connectivity index (χ0) is 18.6. The number of carbonyl (C=O) groups excluding carboxylic acids is 1. The molecule has 0 spiro atoms. The summed E-state index contributed by atoms with van der Waals surface area (Å²) in [5.74, 6) is -0.0509. The van der Waals surface area contributed by atoms with Gasteiger partial charge in [0.15, 0.2) is 0 Å². The lowest BCUT2D eigenvalue weighted by atomic mass is 10.1. The molecule has 4 rings (SSSR count). The quantitative estimate of drug-likeness (QED) is 0.700. The Kier molecular flexibility index (Phi) is 4.98. The molecule has 1 aromatic carbocycles. The minimum absolute atomic E-state index is 0.0509. The van der Waals surface area contributed by atoms with Crippen molar-refractivity contribution in [3.63, 3.8) is 0 Å². The fraction of sp³-hybridized carbons (Fsp3) is 0.286. The van der Waals surface area contributed by atoms with E-state index in [1.165, 1.54) is 5.56 Å². The van der Waals surface area contributed by atoms with Crippen molar-refractivity contribution in [2.75, 3.05) is 13.7 Å². The van der Waals surface area contributed by atoms with Crippen LogP contribution in [0.1, 0.15) is 33.1 Å². The van der Waals surface area contributed by atoms with Crippen molar-refractivity contribution in [2.45, 2.75) is 26.1 Å². The molecule has 0 radical (unpaired) electrons. The highest BCUT2D eigenvalue weighted by molar-refractivity contribution is 5.92. The van der Waals surface area contributed by atoms with Gasteiger partial charge >= 0.3 is 0 Å². The summed E-state index contributed by atoms with van der Waals surface area (Å²) in [5, 5.41) is 4.70. The molecular formula is C21H22N4O2. The molecule has 0 saturated carbocycles. The summed E-state index contributed by atoms with van der Waals surface area (Å²) in [4.78, 5) is 19.1. The third-order valence-electron chi connectivity index (χ3n) is 4.68. The fourth-order valence-electron chi connectivity index (χ4n) is 3.38. The summed E-state index contributed by atoms with van der Waals surface area (Å²) >= 11 is 0. The topological polar surface area (TPSA) is 60.2 Å². The normalized spacial score (nSPS) is 13.4. The van der Waals surface area contributed by atoms with Gasteiger partial charge in [0.1, 0.15) is 5.69 Å². The van der Waals surface area contributed by atoms with Gasteiger partial charge in [0.05, 0.1) is 36.8 Å². The monoisotopic (exact) mass is 362 g/mol. The van der Waals surface area contributed by atoms with Crippen molar-refractivity contribution >= 4 is 5.91 Å². The van der Waals surface area contributed by atoms with E-state index in [4.69, 9.17) is 9.84 Å². The number of hydrogen-bond acceptors (Lipinski definition) is 4. The molecule has 3 heterocycles. The minimum Gasteiger partial charge on any atom is -0.378 e. The molecule has 6 nitrogen and oxygen atoms in total. The second-order valence-corrected chi connectivity index (χ2v) is 6.69. The number of ether oxygens (including phenoxy) is 1. The average molecular weight is 362 g/mol. The lowest BCUT2D eigenvalue weighted by molar-refractivity contribution is 0.0699. The smallest absolute Gasteiger partial charge is 0.272 e. The number of fused-ring (bicyclic) bond motifs is 1. The zero-order valence-corrected chi connectivity index (χ0v) is 15.3. The largest absolute Gasteiger partial charge is 0.378 e. The molecule has 1 amide bonds. The van der Waals surface area contributed by atoms with Crippen LogP contribution < -0.4 is 0 Å². The molecule has 0 N–H and O–H groups in total. The molecule has 0 unspecified atom stereocenters. The number of carbonyl (C=O) groups is 1. The van der Waals surface area contributed by atoms with Gasteiger partial charge in [-0.15, -0.1) is 0 Å². The Labute approximate surface area is 158 Å². The summed E-state index contributed by atoms with van der Waals surface area (Å²) in [6.07, 6.45) is 0.801. The second-order valence-electron chi connectivity index (χ2n) is 6.69. The van der Waals surface area contributed by atoms with Gasteiger partial charge in [-0.1, -0.05) is 36.4 Å². The molecule has 1 aliphatic rings. The van der Waals surface area contributed by atoms with E-state index in [0.717, 1.165) is 23.5 Å². The third-order valence-corrected chi connectivity index (χ3v) is 4.68. The number of hydrogen-bond donors (Lipinski definition) is 0. The van der Waals surface area contributed by atoms with E-state index in [-0.39, 0.29) is 5.91 Å². The van der Waals surface area contributed by atoms with Crippen LogP contribution in [0.2, 0.25) is 0 Å². The van der Waals surface area contributed by atoms with Gasteiger partial charge in [-0.2, -0.15) is 5.10 Å². The summed E-state index contributed by atoms with van der Waals surface area (Å²) in [6.45, 7) is 2.29. The molecule has 0 saturated heterocycles. The first-order valence-electron chi connectivity index (χ1n) is 9.06. The SMILES string of the molecule is COCc1cccc(C(=O)N2CCn3nc(Cc4ccccc4)cc3C2)n1. The van der Waals surface area contributed by atoms with E-state index in [1.807, 2.05) is 39.9 Å². The van der Waals surface area contributed by atoms with Crippen molar-refractivity contribution in [1.29, 1.82) is 0 Å². The van der Waals surface area contributed by atoms with Crippen molar-refractivity contribution in [3.8, 4) is 0 Å². The van der Waals surface area contributed by atoms with Gasteiger partial charge in [-0.3, -0.25) is 9.48 Å². The van der Waals surface area contributed by atoms with Crippen LogP contribution in [0, 0.1) is 0 Å². The van der Waals surface area contributed by atoms with Crippen LogP contribution in [0.15, 0.2) is 54.6 Å². The number of nitrogens with zero attached hydrogens (tertiary/aromatic N) is 4. The average Bonchev–Trinajstić information content (AvgIpc) is 3.10. The Morgan fingerprint density at radius 1 is 1.07 bits per heavy atom. The van der Waals surface area contributed by atoms with E-state index in [1.54, 1.807) is 13.2 Å². The van der Waals surface area contributed by atoms with Crippen LogP contribution in [0.25, 0.3) is 0 Å². The molecule has 27 heavy (non-hydrogen) atoms. The number of amides is 1. The van der Waals surface area contributed by atoms with Gasteiger partial charge in [-0.05, 0) is 23.8 Å². The van der Waals surface area contributed by atoms with E-state index in [0.29, 0.717) is 31.9 Å². The summed E-state index contributed by atoms with van der Waals surface area (Å²) in [7, 11) is 1.62. The Balaban J connectivity index is 1.48. The van der Waals surface area contributed by atoms with E-state index >= 15 is 0 Å². The van der Waals surface area contributed by atoms with Gasteiger partial charge < -0.3 is 9.64 Å². The maximum absolute atomic E-state index is 12.9. The number of benzene rings is 1. The first-order valence-corrected chi connectivity index (χ1v) is 9.06. The first-order chi connectivity index (χ1) is 13.2. The highest BCUT2D eigenvalue weighted by Crippen LogP contribution is 2.18. The van der Waals surface area contributed by atoms with E-state index in [2.05, 4.69) is 23.2 Å². The maximum atomic E-state index is 12.9. The maximum Gasteiger partial charge on any atom is 0.272 e.